The Morgan fingerprint density at radius 3 is 1.53 bits per heavy atom. The highest BCUT2D eigenvalue weighted by molar-refractivity contribution is 7.98. The molecule has 31 nitrogen and oxygen atoms in total. The first-order valence-corrected chi connectivity index (χ1v) is 33.5. The summed E-state index contributed by atoms with van der Waals surface area (Å²) in [6.07, 6.45) is 2.86. The molecule has 12 amide bonds. The quantitative estimate of drug-likeness (QED) is 0.0178. The van der Waals surface area contributed by atoms with Gasteiger partial charge in [-0.2, -0.15) is 11.8 Å². The summed E-state index contributed by atoms with van der Waals surface area (Å²) in [6, 6.07) is 4.12. The van der Waals surface area contributed by atoms with Crippen molar-refractivity contribution in [3.63, 3.8) is 0 Å². The molecular weight excluding hydrogens is 1250 g/mol. The number of aliphatic imine (C=N–C) groups is 1. The highest BCUT2D eigenvalue weighted by atomic mass is 32.2. The topological polar surface area (TPSA) is 513 Å². The molecule has 2 aliphatic heterocycles. The summed E-state index contributed by atoms with van der Waals surface area (Å²) in [5.74, 6) is -10.6. The van der Waals surface area contributed by atoms with Crippen molar-refractivity contribution < 1.29 is 67.4 Å². The van der Waals surface area contributed by atoms with Crippen molar-refractivity contribution in [2.75, 3.05) is 44.7 Å². The number of nitrogens with two attached hydrogens (primary N) is 6. The van der Waals surface area contributed by atoms with Gasteiger partial charge in [-0.3, -0.25) is 62.5 Å². The van der Waals surface area contributed by atoms with Gasteiger partial charge in [0, 0.05) is 45.3 Å². The van der Waals surface area contributed by atoms with Crippen LogP contribution in [0, 0.1) is 5.92 Å². The number of unbranched alkanes of at least 4 members (excludes halogenated alkanes) is 1. The first kappa shape index (κ1) is 78.5. The van der Waals surface area contributed by atoms with Gasteiger partial charge in [-0.05, 0) is 119 Å². The number of nitrogens with zero attached hydrogens (tertiary/aromatic N) is 3. The zero-order chi connectivity index (χ0) is 70.1. The maximum atomic E-state index is 14.7. The Balaban J connectivity index is 1.56. The Hall–Kier alpha value is -8.91. The lowest BCUT2D eigenvalue weighted by Gasteiger charge is -2.32. The van der Waals surface area contributed by atoms with Gasteiger partial charge in [0.05, 0.1) is 12.6 Å². The number of benzene rings is 2. The average molecular weight is 1350 g/mol. The third-order valence-electron chi connectivity index (χ3n) is 16.0. The van der Waals surface area contributed by atoms with E-state index < -0.39 is 170 Å². The van der Waals surface area contributed by atoms with Gasteiger partial charge in [0.25, 0.3) is 0 Å². The second-order valence-electron chi connectivity index (χ2n) is 24.1. The van der Waals surface area contributed by atoms with Crippen LogP contribution < -0.4 is 76.9 Å². The van der Waals surface area contributed by atoms with Crippen molar-refractivity contribution in [1.82, 2.24) is 52.3 Å². The minimum Gasteiger partial charge on any atom is -0.480 e. The van der Waals surface area contributed by atoms with E-state index in [1.807, 2.05) is 0 Å². The SMILES string of the molecule is CSCC[C@H](NC(=O)[C@H](CC(C)C)NC(=O)CNC(=O)[C@H](Cc1ccccc1)NC(=O)[C@@H](Cc1ccccc1)NC(=O)[C@H](CCC(N)=O)NC(=O)[C@@H](CCC(N)=O)NC(=O)[C@H]1CCCN1C(=O)[C@@H](CCCCN)NC(=O)[C@@H]1CCCN1C(=O)[C@H](N)CCCN=C(N)N)C(=O)O. The molecule has 2 fully saturated rings. The molecule has 2 heterocycles. The number of amides is 12. The highest BCUT2D eigenvalue weighted by Crippen LogP contribution is 2.24. The number of nitrogens with one attached hydrogen (secondary N) is 8. The minimum atomic E-state index is -1.65. The molecule has 524 valence electrons. The number of carbonyl (C=O) groups is 13. The molecule has 95 heavy (non-hydrogen) atoms. The summed E-state index contributed by atoms with van der Waals surface area (Å²) in [6.45, 7) is 3.78. The molecule has 10 atom stereocenters. The van der Waals surface area contributed by atoms with Crippen molar-refractivity contribution in [2.45, 2.75) is 183 Å². The van der Waals surface area contributed by atoms with E-state index in [2.05, 4.69) is 47.5 Å². The maximum absolute atomic E-state index is 14.7. The van der Waals surface area contributed by atoms with Crippen molar-refractivity contribution in [2.24, 2.45) is 45.3 Å². The summed E-state index contributed by atoms with van der Waals surface area (Å²) in [5, 5.41) is 30.6. The molecule has 21 N–H and O–H groups in total. The first-order valence-electron chi connectivity index (χ1n) is 32.1. The van der Waals surface area contributed by atoms with Crippen LogP contribution in [-0.4, -0.2) is 203 Å². The van der Waals surface area contributed by atoms with Gasteiger partial charge in [0.1, 0.15) is 54.4 Å². The molecule has 0 saturated carbocycles. The zero-order valence-electron chi connectivity index (χ0n) is 54.4. The van der Waals surface area contributed by atoms with E-state index in [1.54, 1.807) is 80.8 Å². The first-order chi connectivity index (χ1) is 45.2. The van der Waals surface area contributed by atoms with Crippen LogP contribution >= 0.6 is 11.8 Å². The molecule has 0 spiro atoms. The molecule has 4 rings (SSSR count). The Kier molecular flexibility index (Phi) is 33.9. The summed E-state index contributed by atoms with van der Waals surface area (Å²) in [4.78, 5) is 184. The number of carbonyl (C=O) groups excluding carboxylic acids is 12. The fraction of sp³-hybridized carbons (Fsp3) is 0.587. The maximum Gasteiger partial charge on any atom is 0.326 e. The Bertz CT molecular complexity index is 2960. The summed E-state index contributed by atoms with van der Waals surface area (Å²) in [5.41, 5.74) is 35.0. The number of rotatable bonds is 42. The number of aliphatic carboxylic acids is 1. The number of thioether (sulfide) groups is 1. The van der Waals surface area contributed by atoms with Crippen molar-refractivity contribution >= 4 is 94.6 Å². The number of guanidine groups is 1. The van der Waals surface area contributed by atoms with Gasteiger partial charge in [0.2, 0.25) is 70.9 Å². The predicted molar refractivity (Wildman–Crippen MR) is 354 cm³/mol. The van der Waals surface area contributed by atoms with Gasteiger partial charge in [-0.1, -0.05) is 74.5 Å². The molecule has 2 aromatic rings. The van der Waals surface area contributed by atoms with E-state index in [9.17, 15) is 67.4 Å². The van der Waals surface area contributed by atoms with Crippen LogP contribution in [0.25, 0.3) is 0 Å². The van der Waals surface area contributed by atoms with Crippen molar-refractivity contribution in [3.05, 3.63) is 71.8 Å². The van der Waals surface area contributed by atoms with Crippen LogP contribution in [0.1, 0.15) is 121 Å². The number of hydrogen-bond donors (Lipinski definition) is 15. The average Bonchev–Trinajstić information content (AvgIpc) is 1.74. The lowest BCUT2D eigenvalue weighted by atomic mass is 10.0. The van der Waals surface area contributed by atoms with E-state index in [-0.39, 0.29) is 83.0 Å². The van der Waals surface area contributed by atoms with Crippen molar-refractivity contribution in [1.29, 1.82) is 0 Å². The number of carboxylic acids is 1. The lowest BCUT2D eigenvalue weighted by molar-refractivity contribution is -0.144. The van der Waals surface area contributed by atoms with E-state index in [0.29, 0.717) is 55.4 Å². The smallest absolute Gasteiger partial charge is 0.326 e. The van der Waals surface area contributed by atoms with Crippen LogP contribution in [0.2, 0.25) is 0 Å². The third kappa shape index (κ3) is 27.5. The summed E-state index contributed by atoms with van der Waals surface area (Å²) < 4.78 is 0. The summed E-state index contributed by atoms with van der Waals surface area (Å²) >= 11 is 1.40. The molecule has 32 heteroatoms. The standard InChI is InChI=1S/C63H97N17O14S/c1-37(2)33-45(56(87)76-44(62(93)94)27-32-95-3)72-52(83)36-71-53(84)46(34-38-15-6-4-7-16-38)77-57(88)47(35-39-17-8-5-9-18-39)78-55(86)41(23-25-50(66)81)73-54(85)42(24-26-51(67)82)74-58(89)49-22-14-31-80(49)61(92)43(20-10-11-28-64)75-59(90)48-21-13-30-79(48)60(91)40(65)19-12-29-70-63(68)69/h4-9,15-18,37,40-49H,10-14,19-36,64-65H2,1-3H3,(H2,66,81)(H2,67,82)(H,71,84)(H,72,83)(H,73,85)(H,74,89)(H,75,90)(H,76,87)(H,77,88)(H,78,86)(H,93,94)(H4,68,69,70)/t40-,41+,42-,43-,44+,45+,46+,47-,48+,49-/m1/s1. The van der Waals surface area contributed by atoms with Gasteiger partial charge in [0.15, 0.2) is 5.96 Å². The molecule has 0 aliphatic carbocycles. The van der Waals surface area contributed by atoms with Gasteiger partial charge >= 0.3 is 5.97 Å². The molecule has 2 aliphatic rings. The second kappa shape index (κ2) is 41.0. The molecule has 0 radical (unpaired) electrons. The number of carboxylic acid groups (broad SMARTS) is 1. The largest absolute Gasteiger partial charge is 0.480 e. The van der Waals surface area contributed by atoms with Gasteiger partial charge < -0.3 is 91.8 Å². The van der Waals surface area contributed by atoms with Crippen LogP contribution in [0.5, 0.6) is 0 Å². The molecular formula is C63H97N17O14S. The molecule has 0 bridgehead atoms. The van der Waals surface area contributed by atoms with E-state index >= 15 is 0 Å². The van der Waals surface area contributed by atoms with Crippen molar-refractivity contribution in [3.8, 4) is 0 Å². The van der Waals surface area contributed by atoms with E-state index in [4.69, 9.17) is 34.4 Å². The van der Waals surface area contributed by atoms with Crippen LogP contribution in [0.15, 0.2) is 65.7 Å². The molecule has 0 unspecified atom stereocenters. The fourth-order valence-electron chi connectivity index (χ4n) is 11.0. The zero-order valence-corrected chi connectivity index (χ0v) is 55.2. The Morgan fingerprint density at radius 1 is 0.558 bits per heavy atom. The second-order valence-corrected chi connectivity index (χ2v) is 25.0. The van der Waals surface area contributed by atoms with E-state index in [1.165, 1.54) is 21.6 Å². The Labute approximate surface area is 557 Å². The number of hydrogen-bond acceptors (Lipinski definition) is 17. The number of likely N-dealkylation sites (tertiary alicyclic amines) is 2. The number of primary amides is 2. The molecule has 2 aromatic carbocycles. The lowest BCUT2D eigenvalue weighted by Crippen LogP contribution is -2.60. The van der Waals surface area contributed by atoms with Gasteiger partial charge in [-0.15, -0.1) is 0 Å². The summed E-state index contributed by atoms with van der Waals surface area (Å²) in [7, 11) is 0. The van der Waals surface area contributed by atoms with Crippen LogP contribution in [0.4, 0.5) is 0 Å². The van der Waals surface area contributed by atoms with Crippen LogP contribution in [-0.2, 0) is 75.2 Å². The third-order valence-corrected chi connectivity index (χ3v) is 16.6. The molecule has 2 saturated heterocycles. The van der Waals surface area contributed by atoms with Crippen LogP contribution in [0.3, 0.4) is 0 Å². The minimum absolute atomic E-state index is 0.0706. The van der Waals surface area contributed by atoms with E-state index in [0.717, 1.165) is 0 Å². The normalized spacial score (nSPS) is 16.8. The monoisotopic (exact) mass is 1350 g/mol. The molecule has 0 aromatic heterocycles. The van der Waals surface area contributed by atoms with Gasteiger partial charge in [-0.25, -0.2) is 4.79 Å². The fourth-order valence-corrected chi connectivity index (χ4v) is 11.5. The highest BCUT2D eigenvalue weighted by Gasteiger charge is 2.42. The predicted octanol–water partition coefficient (Wildman–Crippen LogP) is -3.11. The Morgan fingerprint density at radius 2 is 1.03 bits per heavy atom.